The van der Waals surface area contributed by atoms with E-state index in [-0.39, 0.29) is 5.97 Å². The Morgan fingerprint density at radius 1 is 1.57 bits per heavy atom. The number of hydrogen-bond acceptors (Lipinski definition) is 2. The van der Waals surface area contributed by atoms with E-state index in [0.717, 1.165) is 5.57 Å². The standard InChI is InChI=1S/C12H20O2/c1-9(2)7-11(13)14-8-10-5-6-12(10,3)4/h10H,1,5-8H2,2-4H3. The molecule has 80 valence electrons. The Morgan fingerprint density at radius 3 is 2.57 bits per heavy atom. The van der Waals surface area contributed by atoms with Gasteiger partial charge in [-0.05, 0) is 31.1 Å². The summed E-state index contributed by atoms with van der Waals surface area (Å²) >= 11 is 0. The first-order valence-corrected chi connectivity index (χ1v) is 5.22. The van der Waals surface area contributed by atoms with Crippen molar-refractivity contribution in [2.75, 3.05) is 6.61 Å². The Morgan fingerprint density at radius 2 is 2.21 bits per heavy atom. The molecule has 1 aliphatic carbocycles. The van der Waals surface area contributed by atoms with Gasteiger partial charge in [-0.2, -0.15) is 0 Å². The van der Waals surface area contributed by atoms with Gasteiger partial charge in [0, 0.05) is 0 Å². The molecule has 0 bridgehead atoms. The zero-order valence-corrected chi connectivity index (χ0v) is 9.43. The van der Waals surface area contributed by atoms with Crippen LogP contribution in [-0.4, -0.2) is 12.6 Å². The lowest BCUT2D eigenvalue weighted by Gasteiger charge is -2.44. The fourth-order valence-electron chi connectivity index (χ4n) is 1.73. The Labute approximate surface area is 86.3 Å². The van der Waals surface area contributed by atoms with Gasteiger partial charge in [0.2, 0.25) is 0 Å². The van der Waals surface area contributed by atoms with Crippen molar-refractivity contribution in [3.63, 3.8) is 0 Å². The van der Waals surface area contributed by atoms with Crippen molar-refractivity contribution in [3.8, 4) is 0 Å². The van der Waals surface area contributed by atoms with E-state index in [1.807, 2.05) is 6.92 Å². The summed E-state index contributed by atoms with van der Waals surface area (Å²) in [7, 11) is 0. The van der Waals surface area contributed by atoms with E-state index in [2.05, 4.69) is 20.4 Å². The number of carbonyl (C=O) groups excluding carboxylic acids is 1. The van der Waals surface area contributed by atoms with Gasteiger partial charge in [0.1, 0.15) is 0 Å². The molecule has 0 amide bonds. The average Bonchev–Trinajstić information content (AvgIpc) is 2.01. The van der Waals surface area contributed by atoms with Crippen LogP contribution in [0.3, 0.4) is 0 Å². The van der Waals surface area contributed by atoms with Gasteiger partial charge < -0.3 is 4.74 Å². The van der Waals surface area contributed by atoms with Crippen LogP contribution in [0.2, 0.25) is 0 Å². The molecule has 1 fully saturated rings. The predicted molar refractivity (Wildman–Crippen MR) is 56.9 cm³/mol. The first-order chi connectivity index (χ1) is 6.42. The van der Waals surface area contributed by atoms with Crippen molar-refractivity contribution in [2.45, 2.75) is 40.0 Å². The van der Waals surface area contributed by atoms with Crippen molar-refractivity contribution >= 4 is 5.97 Å². The Hall–Kier alpha value is -0.790. The molecule has 2 nitrogen and oxygen atoms in total. The minimum atomic E-state index is -0.139. The summed E-state index contributed by atoms with van der Waals surface area (Å²) in [5.74, 6) is 0.414. The van der Waals surface area contributed by atoms with Crippen LogP contribution in [-0.2, 0) is 9.53 Å². The molecule has 0 aromatic heterocycles. The average molecular weight is 196 g/mol. The van der Waals surface area contributed by atoms with Crippen LogP contribution in [0.1, 0.15) is 40.0 Å². The fourth-order valence-corrected chi connectivity index (χ4v) is 1.73. The maximum atomic E-state index is 11.2. The number of esters is 1. The SMILES string of the molecule is C=C(C)CC(=O)OCC1CCC1(C)C. The summed E-state index contributed by atoms with van der Waals surface area (Å²) in [6.07, 6.45) is 2.79. The van der Waals surface area contributed by atoms with E-state index in [4.69, 9.17) is 4.74 Å². The number of hydrogen-bond donors (Lipinski definition) is 0. The summed E-state index contributed by atoms with van der Waals surface area (Å²) in [5.41, 5.74) is 1.23. The van der Waals surface area contributed by atoms with E-state index in [0.29, 0.717) is 24.4 Å². The van der Waals surface area contributed by atoms with Crippen LogP contribution >= 0.6 is 0 Å². The quantitative estimate of drug-likeness (QED) is 0.510. The van der Waals surface area contributed by atoms with Gasteiger partial charge in [-0.3, -0.25) is 4.79 Å². The van der Waals surface area contributed by atoms with Crippen molar-refractivity contribution in [1.29, 1.82) is 0 Å². The lowest BCUT2D eigenvalue weighted by Crippen LogP contribution is -2.38. The molecule has 14 heavy (non-hydrogen) atoms. The number of carbonyl (C=O) groups is 1. The maximum Gasteiger partial charge on any atom is 0.309 e. The third-order valence-corrected chi connectivity index (χ3v) is 3.13. The Balaban J connectivity index is 2.21. The zero-order valence-electron chi connectivity index (χ0n) is 9.43. The summed E-state index contributed by atoms with van der Waals surface area (Å²) in [6.45, 7) is 10.6. The van der Waals surface area contributed by atoms with Crippen molar-refractivity contribution in [2.24, 2.45) is 11.3 Å². The lowest BCUT2D eigenvalue weighted by molar-refractivity contribution is -0.147. The molecular weight excluding hydrogens is 176 g/mol. The first-order valence-electron chi connectivity index (χ1n) is 5.22. The van der Waals surface area contributed by atoms with Crippen LogP contribution in [0, 0.1) is 11.3 Å². The molecule has 0 aromatic carbocycles. The summed E-state index contributed by atoms with van der Waals surface area (Å²) < 4.78 is 5.19. The molecule has 0 radical (unpaired) electrons. The minimum Gasteiger partial charge on any atom is -0.465 e. The lowest BCUT2D eigenvalue weighted by atomic mass is 9.63. The summed E-state index contributed by atoms with van der Waals surface area (Å²) in [5, 5.41) is 0. The zero-order chi connectivity index (χ0) is 10.8. The summed E-state index contributed by atoms with van der Waals surface area (Å²) in [6, 6.07) is 0. The smallest absolute Gasteiger partial charge is 0.309 e. The molecule has 0 spiro atoms. The highest BCUT2D eigenvalue weighted by Gasteiger charge is 2.38. The van der Waals surface area contributed by atoms with Gasteiger partial charge >= 0.3 is 5.97 Å². The monoisotopic (exact) mass is 196 g/mol. The van der Waals surface area contributed by atoms with E-state index >= 15 is 0 Å². The fraction of sp³-hybridized carbons (Fsp3) is 0.750. The van der Waals surface area contributed by atoms with Crippen LogP contribution in [0.4, 0.5) is 0 Å². The molecular formula is C12H20O2. The molecule has 1 rings (SSSR count). The van der Waals surface area contributed by atoms with Crippen LogP contribution < -0.4 is 0 Å². The molecule has 0 heterocycles. The second kappa shape index (κ2) is 4.16. The third-order valence-electron chi connectivity index (χ3n) is 3.13. The van der Waals surface area contributed by atoms with E-state index < -0.39 is 0 Å². The molecule has 1 atom stereocenters. The molecule has 1 aliphatic rings. The van der Waals surface area contributed by atoms with E-state index in [1.54, 1.807) is 0 Å². The predicted octanol–water partition coefficient (Wildman–Crippen LogP) is 2.93. The second-order valence-electron chi connectivity index (χ2n) is 5.04. The van der Waals surface area contributed by atoms with E-state index in [1.165, 1.54) is 12.8 Å². The normalized spacial score (nSPS) is 23.8. The topological polar surface area (TPSA) is 26.3 Å². The molecule has 1 saturated carbocycles. The Bertz CT molecular complexity index is 241. The van der Waals surface area contributed by atoms with Gasteiger partial charge in [0.05, 0.1) is 13.0 Å². The molecule has 0 saturated heterocycles. The maximum absolute atomic E-state index is 11.2. The molecule has 2 heteroatoms. The number of rotatable bonds is 4. The van der Waals surface area contributed by atoms with Gasteiger partial charge in [-0.25, -0.2) is 0 Å². The van der Waals surface area contributed by atoms with Gasteiger partial charge in [-0.15, -0.1) is 0 Å². The van der Waals surface area contributed by atoms with Crippen LogP contribution in [0.5, 0.6) is 0 Å². The largest absolute Gasteiger partial charge is 0.465 e. The summed E-state index contributed by atoms with van der Waals surface area (Å²) in [4.78, 5) is 11.2. The van der Waals surface area contributed by atoms with Crippen LogP contribution in [0.15, 0.2) is 12.2 Å². The molecule has 1 unspecified atom stereocenters. The van der Waals surface area contributed by atoms with Crippen molar-refractivity contribution < 1.29 is 9.53 Å². The highest BCUT2D eigenvalue weighted by Crippen LogP contribution is 2.45. The highest BCUT2D eigenvalue weighted by atomic mass is 16.5. The van der Waals surface area contributed by atoms with Crippen molar-refractivity contribution in [3.05, 3.63) is 12.2 Å². The minimum absolute atomic E-state index is 0.139. The van der Waals surface area contributed by atoms with Crippen molar-refractivity contribution in [1.82, 2.24) is 0 Å². The van der Waals surface area contributed by atoms with Gasteiger partial charge in [-0.1, -0.05) is 26.0 Å². The molecule has 0 aromatic rings. The second-order valence-corrected chi connectivity index (χ2v) is 5.04. The Kier molecular flexibility index (Phi) is 3.35. The highest BCUT2D eigenvalue weighted by molar-refractivity contribution is 5.72. The first kappa shape index (κ1) is 11.3. The molecule has 0 N–H and O–H groups in total. The van der Waals surface area contributed by atoms with Gasteiger partial charge in [0.25, 0.3) is 0 Å². The van der Waals surface area contributed by atoms with E-state index in [9.17, 15) is 4.79 Å². The van der Waals surface area contributed by atoms with Crippen LogP contribution in [0.25, 0.3) is 0 Å². The molecule has 0 aliphatic heterocycles. The third kappa shape index (κ3) is 2.86. The van der Waals surface area contributed by atoms with Gasteiger partial charge in [0.15, 0.2) is 0 Å². The number of ether oxygens (including phenoxy) is 1.